The standard InChI is InChI=1S/C23H34N4O2/c1-26(2)21(28)16-24-22(27-14-13-23(17-27)11-6-3-7-12-23)25-19-10-15-29-20-9-5-4-8-18(19)20/h4-5,8-9,19H,3,6-7,10-17H2,1-2H3,(H,24,25). The van der Waals surface area contributed by atoms with Crippen molar-refractivity contribution in [2.75, 3.05) is 40.3 Å². The molecule has 158 valence electrons. The molecule has 3 aliphatic rings. The van der Waals surface area contributed by atoms with Crippen LogP contribution in [0.2, 0.25) is 0 Å². The van der Waals surface area contributed by atoms with Crippen LogP contribution in [0, 0.1) is 5.41 Å². The first-order chi connectivity index (χ1) is 14.1. The predicted molar refractivity (Wildman–Crippen MR) is 115 cm³/mol. The maximum Gasteiger partial charge on any atom is 0.243 e. The van der Waals surface area contributed by atoms with E-state index in [2.05, 4.69) is 22.3 Å². The molecule has 2 fully saturated rings. The summed E-state index contributed by atoms with van der Waals surface area (Å²) in [5.74, 6) is 1.86. The van der Waals surface area contributed by atoms with Gasteiger partial charge in [0.05, 0.1) is 12.6 Å². The van der Waals surface area contributed by atoms with E-state index in [0.717, 1.165) is 31.2 Å². The molecule has 1 N–H and O–H groups in total. The van der Waals surface area contributed by atoms with Gasteiger partial charge in [0, 0.05) is 39.2 Å². The lowest BCUT2D eigenvalue weighted by Crippen LogP contribution is -2.44. The van der Waals surface area contributed by atoms with Gasteiger partial charge in [-0.1, -0.05) is 37.5 Å². The van der Waals surface area contributed by atoms with Crippen LogP contribution >= 0.6 is 0 Å². The highest BCUT2D eigenvalue weighted by atomic mass is 16.5. The number of aliphatic imine (C=N–C) groups is 1. The molecule has 2 aliphatic heterocycles. The van der Waals surface area contributed by atoms with E-state index >= 15 is 0 Å². The summed E-state index contributed by atoms with van der Waals surface area (Å²) in [5, 5.41) is 3.70. The topological polar surface area (TPSA) is 57.2 Å². The van der Waals surface area contributed by atoms with E-state index in [0.29, 0.717) is 12.0 Å². The van der Waals surface area contributed by atoms with Crippen LogP contribution < -0.4 is 10.1 Å². The number of likely N-dealkylation sites (N-methyl/N-ethyl adjacent to an activating group) is 1. The van der Waals surface area contributed by atoms with Gasteiger partial charge in [0.2, 0.25) is 5.91 Å². The second-order valence-electron chi connectivity index (χ2n) is 9.03. The summed E-state index contributed by atoms with van der Waals surface area (Å²) < 4.78 is 5.83. The highest BCUT2D eigenvalue weighted by Gasteiger charge is 2.40. The van der Waals surface area contributed by atoms with Crippen LogP contribution in [0.3, 0.4) is 0 Å². The van der Waals surface area contributed by atoms with E-state index in [9.17, 15) is 4.79 Å². The van der Waals surface area contributed by atoms with Crippen molar-refractivity contribution in [1.29, 1.82) is 0 Å². The van der Waals surface area contributed by atoms with Gasteiger partial charge in [-0.15, -0.1) is 0 Å². The second kappa shape index (κ2) is 8.64. The fraction of sp³-hybridized carbons (Fsp3) is 0.652. The van der Waals surface area contributed by atoms with E-state index in [4.69, 9.17) is 9.73 Å². The number of benzene rings is 1. The van der Waals surface area contributed by atoms with Crippen LogP contribution in [0.25, 0.3) is 0 Å². The summed E-state index contributed by atoms with van der Waals surface area (Å²) in [6.07, 6.45) is 8.86. The summed E-state index contributed by atoms with van der Waals surface area (Å²) in [7, 11) is 3.57. The number of carbonyl (C=O) groups excluding carboxylic acids is 1. The van der Waals surface area contributed by atoms with Gasteiger partial charge in [0.15, 0.2) is 5.96 Å². The molecule has 2 heterocycles. The summed E-state index contributed by atoms with van der Waals surface area (Å²) >= 11 is 0. The molecule has 1 saturated heterocycles. The van der Waals surface area contributed by atoms with Gasteiger partial charge >= 0.3 is 0 Å². The molecular formula is C23H34N4O2. The number of carbonyl (C=O) groups is 1. The van der Waals surface area contributed by atoms with Gasteiger partial charge < -0.3 is 19.9 Å². The minimum Gasteiger partial charge on any atom is -0.493 e. The molecule has 1 aromatic carbocycles. The lowest BCUT2D eigenvalue weighted by Gasteiger charge is -2.35. The SMILES string of the molecule is CN(C)C(=O)CN=C(NC1CCOc2ccccc21)N1CCC2(CCCCC2)C1. The molecule has 1 atom stereocenters. The van der Waals surface area contributed by atoms with Gasteiger partial charge in [0.25, 0.3) is 0 Å². The summed E-state index contributed by atoms with van der Waals surface area (Å²) in [6, 6.07) is 8.39. The third-order valence-corrected chi connectivity index (χ3v) is 6.78. The quantitative estimate of drug-likeness (QED) is 0.628. The number of hydrogen-bond acceptors (Lipinski definition) is 3. The van der Waals surface area contributed by atoms with Crippen molar-refractivity contribution in [3.05, 3.63) is 29.8 Å². The minimum atomic E-state index is 0.0308. The summed E-state index contributed by atoms with van der Waals surface area (Å²) in [4.78, 5) is 21.0. The molecule has 4 rings (SSSR count). The molecule has 1 spiro atoms. The van der Waals surface area contributed by atoms with Crippen molar-refractivity contribution in [3.8, 4) is 5.75 Å². The van der Waals surface area contributed by atoms with Crippen LogP contribution in [0.5, 0.6) is 5.75 Å². The van der Waals surface area contributed by atoms with Crippen LogP contribution in [0.15, 0.2) is 29.3 Å². The molecule has 1 aliphatic carbocycles. The number of guanidine groups is 1. The number of amides is 1. The summed E-state index contributed by atoms with van der Waals surface area (Å²) in [6.45, 7) is 2.96. The molecule has 0 aromatic heterocycles. The van der Waals surface area contributed by atoms with Crippen LogP contribution in [-0.4, -0.2) is 62.0 Å². The number of nitrogens with zero attached hydrogens (tertiary/aromatic N) is 3. The Morgan fingerprint density at radius 1 is 1.24 bits per heavy atom. The smallest absolute Gasteiger partial charge is 0.243 e. The Hall–Kier alpha value is -2.24. The summed E-state index contributed by atoms with van der Waals surface area (Å²) in [5.41, 5.74) is 1.62. The third-order valence-electron chi connectivity index (χ3n) is 6.78. The van der Waals surface area contributed by atoms with Crippen molar-refractivity contribution in [2.45, 2.75) is 51.0 Å². The monoisotopic (exact) mass is 398 g/mol. The van der Waals surface area contributed by atoms with E-state index in [1.165, 1.54) is 44.1 Å². The van der Waals surface area contributed by atoms with Crippen molar-refractivity contribution >= 4 is 11.9 Å². The Balaban J connectivity index is 1.53. The highest BCUT2D eigenvalue weighted by Crippen LogP contribution is 2.43. The predicted octanol–water partition coefficient (Wildman–Crippen LogP) is 3.20. The largest absolute Gasteiger partial charge is 0.493 e. The molecule has 0 radical (unpaired) electrons. The molecular weight excluding hydrogens is 364 g/mol. The first-order valence-corrected chi connectivity index (χ1v) is 11.0. The maximum absolute atomic E-state index is 12.2. The van der Waals surface area contributed by atoms with Crippen molar-refractivity contribution in [1.82, 2.24) is 15.1 Å². The molecule has 6 nitrogen and oxygen atoms in total. The number of para-hydroxylation sites is 1. The Labute approximate surface area is 174 Å². The first-order valence-electron chi connectivity index (χ1n) is 11.0. The minimum absolute atomic E-state index is 0.0308. The zero-order valence-electron chi connectivity index (χ0n) is 17.8. The van der Waals surface area contributed by atoms with Gasteiger partial charge in [-0.05, 0) is 30.7 Å². The maximum atomic E-state index is 12.2. The number of nitrogens with one attached hydrogen (secondary N) is 1. The van der Waals surface area contributed by atoms with E-state index in [1.54, 1.807) is 19.0 Å². The van der Waals surface area contributed by atoms with Crippen molar-refractivity contribution in [2.24, 2.45) is 10.4 Å². The fourth-order valence-electron chi connectivity index (χ4n) is 4.99. The Bertz CT molecular complexity index is 755. The van der Waals surface area contributed by atoms with Crippen molar-refractivity contribution in [3.63, 3.8) is 0 Å². The second-order valence-corrected chi connectivity index (χ2v) is 9.03. The average molecular weight is 399 g/mol. The molecule has 1 saturated carbocycles. The van der Waals surface area contributed by atoms with Gasteiger partial charge in [-0.2, -0.15) is 0 Å². The van der Waals surface area contributed by atoms with Crippen molar-refractivity contribution < 1.29 is 9.53 Å². The average Bonchev–Trinajstić information content (AvgIpc) is 3.14. The first kappa shape index (κ1) is 20.0. The number of fused-ring (bicyclic) bond motifs is 1. The molecule has 1 amide bonds. The zero-order chi connectivity index (χ0) is 20.3. The molecule has 29 heavy (non-hydrogen) atoms. The number of hydrogen-bond donors (Lipinski definition) is 1. The van der Waals surface area contributed by atoms with E-state index in [-0.39, 0.29) is 18.5 Å². The van der Waals surface area contributed by atoms with Gasteiger partial charge in [-0.3, -0.25) is 4.79 Å². The zero-order valence-corrected chi connectivity index (χ0v) is 17.8. The highest BCUT2D eigenvalue weighted by molar-refractivity contribution is 5.85. The van der Waals surface area contributed by atoms with Crippen LogP contribution in [-0.2, 0) is 4.79 Å². The number of rotatable bonds is 3. The Morgan fingerprint density at radius 3 is 2.83 bits per heavy atom. The molecule has 1 unspecified atom stereocenters. The van der Waals surface area contributed by atoms with E-state index in [1.807, 2.05) is 12.1 Å². The molecule has 0 bridgehead atoms. The van der Waals surface area contributed by atoms with Crippen LogP contribution in [0.4, 0.5) is 0 Å². The number of ether oxygens (including phenoxy) is 1. The van der Waals surface area contributed by atoms with Crippen LogP contribution in [0.1, 0.15) is 56.6 Å². The van der Waals surface area contributed by atoms with Gasteiger partial charge in [0.1, 0.15) is 12.3 Å². The third kappa shape index (κ3) is 4.51. The van der Waals surface area contributed by atoms with Gasteiger partial charge in [-0.25, -0.2) is 4.99 Å². The lowest BCUT2D eigenvalue weighted by atomic mass is 9.73. The molecule has 6 heteroatoms. The Morgan fingerprint density at radius 2 is 2.03 bits per heavy atom. The number of likely N-dealkylation sites (tertiary alicyclic amines) is 1. The van der Waals surface area contributed by atoms with E-state index < -0.39 is 0 Å². The lowest BCUT2D eigenvalue weighted by molar-refractivity contribution is -0.127. The normalized spacial score (nSPS) is 23.4. The fourth-order valence-corrected chi connectivity index (χ4v) is 4.99. The Kier molecular flexibility index (Phi) is 5.97. The molecule has 1 aromatic rings.